The third-order valence-electron chi connectivity index (χ3n) is 5.29. The van der Waals surface area contributed by atoms with Gasteiger partial charge in [0.15, 0.2) is 0 Å². The van der Waals surface area contributed by atoms with Crippen molar-refractivity contribution < 1.29 is 4.39 Å². The zero-order valence-electron chi connectivity index (χ0n) is 14.1. The zero-order valence-corrected chi connectivity index (χ0v) is 14.1. The van der Waals surface area contributed by atoms with Gasteiger partial charge in [-0.05, 0) is 61.9 Å². The summed E-state index contributed by atoms with van der Waals surface area (Å²) < 4.78 is 13.2. The second kappa shape index (κ2) is 6.29. The number of hydrogen-bond donors (Lipinski definition) is 1. The molecule has 1 aromatic carbocycles. The number of hydrogen-bond acceptors (Lipinski definition) is 2. The molecule has 2 nitrogen and oxygen atoms in total. The van der Waals surface area contributed by atoms with Crippen LogP contribution < -0.4 is 5.32 Å². The number of nitrogens with zero attached hydrogens (tertiary/aromatic N) is 1. The van der Waals surface area contributed by atoms with Gasteiger partial charge in [0.2, 0.25) is 0 Å². The molecule has 2 heterocycles. The smallest absolute Gasteiger partial charge is 0.123 e. The van der Waals surface area contributed by atoms with Crippen LogP contribution in [-0.2, 0) is 0 Å². The molecule has 122 valence electrons. The third kappa shape index (κ3) is 3.52. The average Bonchev–Trinajstić information content (AvgIpc) is 2.92. The lowest BCUT2D eigenvalue weighted by molar-refractivity contribution is 0.143. The van der Waals surface area contributed by atoms with Crippen LogP contribution in [0.1, 0.15) is 58.1 Å². The molecular formula is C19H29FN2. The summed E-state index contributed by atoms with van der Waals surface area (Å²) in [6, 6.07) is 8.65. The van der Waals surface area contributed by atoms with Crippen LogP contribution in [0.5, 0.6) is 0 Å². The standard InChI is InChI=1S/C19H29FN2/c1-19(2,3)18(14-6-8-15(20)9-7-14)21-16-10-12-22-11-4-5-17(22)13-16/h6-9,16-18,21H,4-5,10-13H2,1-3H3/t16-,17+,18-/m1/s1. The van der Waals surface area contributed by atoms with Crippen LogP contribution in [0, 0.1) is 11.2 Å². The van der Waals surface area contributed by atoms with E-state index in [1.165, 1.54) is 44.3 Å². The number of nitrogens with one attached hydrogen (secondary N) is 1. The number of fused-ring (bicyclic) bond motifs is 1. The van der Waals surface area contributed by atoms with E-state index in [0.717, 1.165) is 6.04 Å². The zero-order chi connectivity index (χ0) is 15.7. The fraction of sp³-hybridized carbons (Fsp3) is 0.684. The molecule has 0 aromatic heterocycles. The summed E-state index contributed by atoms with van der Waals surface area (Å²) in [5.41, 5.74) is 1.31. The highest BCUT2D eigenvalue weighted by Crippen LogP contribution is 2.35. The summed E-state index contributed by atoms with van der Waals surface area (Å²) in [6.45, 7) is 9.30. The first kappa shape index (κ1) is 15.9. The molecule has 0 spiro atoms. The van der Waals surface area contributed by atoms with Crippen LogP contribution in [0.4, 0.5) is 4.39 Å². The molecule has 0 saturated carbocycles. The predicted octanol–water partition coefficient (Wildman–Crippen LogP) is 4.13. The van der Waals surface area contributed by atoms with Crippen LogP contribution in [-0.4, -0.2) is 30.1 Å². The Morgan fingerprint density at radius 1 is 1.14 bits per heavy atom. The molecule has 0 aliphatic carbocycles. The van der Waals surface area contributed by atoms with Crippen molar-refractivity contribution in [1.29, 1.82) is 0 Å². The molecule has 2 aliphatic heterocycles. The van der Waals surface area contributed by atoms with Gasteiger partial charge in [0.1, 0.15) is 5.82 Å². The molecule has 0 unspecified atom stereocenters. The monoisotopic (exact) mass is 304 g/mol. The van der Waals surface area contributed by atoms with Crippen molar-refractivity contribution in [2.24, 2.45) is 5.41 Å². The maximum atomic E-state index is 13.2. The van der Waals surface area contributed by atoms with E-state index in [1.54, 1.807) is 12.1 Å². The Kier molecular flexibility index (Phi) is 4.56. The minimum Gasteiger partial charge on any atom is -0.307 e. The summed E-state index contributed by atoms with van der Waals surface area (Å²) in [5, 5.41) is 3.90. The summed E-state index contributed by atoms with van der Waals surface area (Å²) in [5.74, 6) is -0.157. The number of benzene rings is 1. The molecule has 0 amide bonds. The SMILES string of the molecule is CC(C)(C)[C@H](N[C@@H]1CCN2CCC[C@H]2C1)c1ccc(F)cc1. The molecule has 3 atom stereocenters. The number of rotatable bonds is 3. The molecule has 2 saturated heterocycles. The first-order chi connectivity index (χ1) is 10.4. The molecule has 1 aromatic rings. The minimum absolute atomic E-state index is 0.116. The topological polar surface area (TPSA) is 15.3 Å². The lowest BCUT2D eigenvalue weighted by atomic mass is 9.81. The van der Waals surface area contributed by atoms with Crippen molar-refractivity contribution in [2.75, 3.05) is 13.1 Å². The third-order valence-corrected chi connectivity index (χ3v) is 5.29. The first-order valence-electron chi connectivity index (χ1n) is 8.69. The predicted molar refractivity (Wildman–Crippen MR) is 89.3 cm³/mol. The molecule has 1 N–H and O–H groups in total. The Morgan fingerprint density at radius 3 is 2.55 bits per heavy atom. The molecule has 2 aliphatic rings. The quantitative estimate of drug-likeness (QED) is 0.903. The van der Waals surface area contributed by atoms with E-state index in [9.17, 15) is 4.39 Å². The van der Waals surface area contributed by atoms with Gasteiger partial charge >= 0.3 is 0 Å². The van der Waals surface area contributed by atoms with Gasteiger partial charge in [-0.1, -0.05) is 32.9 Å². The lowest BCUT2D eigenvalue weighted by Crippen LogP contribution is -2.48. The van der Waals surface area contributed by atoms with Gasteiger partial charge in [0.25, 0.3) is 0 Å². The Bertz CT molecular complexity index is 491. The summed E-state index contributed by atoms with van der Waals surface area (Å²) in [4.78, 5) is 2.65. The van der Waals surface area contributed by atoms with Gasteiger partial charge in [-0.15, -0.1) is 0 Å². The first-order valence-corrected chi connectivity index (χ1v) is 8.69. The van der Waals surface area contributed by atoms with Crippen molar-refractivity contribution in [3.63, 3.8) is 0 Å². The van der Waals surface area contributed by atoms with E-state index in [1.807, 2.05) is 12.1 Å². The van der Waals surface area contributed by atoms with Crippen molar-refractivity contribution in [3.8, 4) is 0 Å². The fourth-order valence-corrected chi connectivity index (χ4v) is 4.11. The maximum absolute atomic E-state index is 13.2. The highest BCUT2D eigenvalue weighted by Gasteiger charge is 2.35. The Morgan fingerprint density at radius 2 is 1.86 bits per heavy atom. The Hall–Kier alpha value is -0.930. The van der Waals surface area contributed by atoms with Crippen molar-refractivity contribution in [2.45, 2.75) is 64.6 Å². The van der Waals surface area contributed by atoms with E-state index >= 15 is 0 Å². The highest BCUT2D eigenvalue weighted by molar-refractivity contribution is 5.22. The maximum Gasteiger partial charge on any atom is 0.123 e. The van der Waals surface area contributed by atoms with Gasteiger partial charge in [-0.2, -0.15) is 0 Å². The minimum atomic E-state index is -0.157. The molecule has 22 heavy (non-hydrogen) atoms. The molecule has 3 heteroatoms. The van der Waals surface area contributed by atoms with Crippen molar-refractivity contribution >= 4 is 0 Å². The summed E-state index contributed by atoms with van der Waals surface area (Å²) in [6.07, 6.45) is 5.20. The van der Waals surface area contributed by atoms with Crippen LogP contribution in [0.25, 0.3) is 0 Å². The van der Waals surface area contributed by atoms with E-state index in [0.29, 0.717) is 6.04 Å². The van der Waals surface area contributed by atoms with Gasteiger partial charge < -0.3 is 10.2 Å². The second-order valence-electron chi connectivity index (χ2n) is 8.07. The van der Waals surface area contributed by atoms with E-state index in [2.05, 4.69) is 31.0 Å². The van der Waals surface area contributed by atoms with Gasteiger partial charge in [0.05, 0.1) is 0 Å². The van der Waals surface area contributed by atoms with Gasteiger partial charge in [0, 0.05) is 18.1 Å². The van der Waals surface area contributed by atoms with E-state index in [-0.39, 0.29) is 17.3 Å². The summed E-state index contributed by atoms with van der Waals surface area (Å²) in [7, 11) is 0. The fourth-order valence-electron chi connectivity index (χ4n) is 4.11. The average molecular weight is 304 g/mol. The Balaban J connectivity index is 1.72. The molecule has 0 radical (unpaired) electrons. The highest BCUT2D eigenvalue weighted by atomic mass is 19.1. The largest absolute Gasteiger partial charge is 0.307 e. The normalized spacial score (nSPS) is 27.6. The van der Waals surface area contributed by atoms with Crippen LogP contribution in [0.2, 0.25) is 0 Å². The second-order valence-corrected chi connectivity index (χ2v) is 8.07. The van der Waals surface area contributed by atoms with Gasteiger partial charge in [-0.3, -0.25) is 0 Å². The molecular weight excluding hydrogens is 275 g/mol. The van der Waals surface area contributed by atoms with Crippen LogP contribution in [0.15, 0.2) is 24.3 Å². The van der Waals surface area contributed by atoms with Crippen molar-refractivity contribution in [3.05, 3.63) is 35.6 Å². The van der Waals surface area contributed by atoms with Crippen molar-refractivity contribution in [1.82, 2.24) is 10.2 Å². The number of piperidine rings is 1. The lowest BCUT2D eigenvalue weighted by Gasteiger charge is -2.40. The van der Waals surface area contributed by atoms with Gasteiger partial charge in [-0.25, -0.2) is 4.39 Å². The van der Waals surface area contributed by atoms with Crippen LogP contribution in [0.3, 0.4) is 0 Å². The van der Waals surface area contributed by atoms with E-state index in [4.69, 9.17) is 0 Å². The molecule has 0 bridgehead atoms. The molecule has 3 rings (SSSR count). The summed E-state index contributed by atoms with van der Waals surface area (Å²) >= 11 is 0. The Labute approximate surface area is 134 Å². The van der Waals surface area contributed by atoms with Crippen LogP contribution >= 0.6 is 0 Å². The number of halogens is 1. The molecule has 2 fully saturated rings. The van der Waals surface area contributed by atoms with E-state index < -0.39 is 0 Å².